The van der Waals surface area contributed by atoms with Crippen LogP contribution >= 0.6 is 0 Å². The third-order valence-corrected chi connectivity index (χ3v) is 5.97. The van der Waals surface area contributed by atoms with Gasteiger partial charge in [0.1, 0.15) is 11.6 Å². The van der Waals surface area contributed by atoms with E-state index in [1.54, 1.807) is 0 Å². The van der Waals surface area contributed by atoms with Crippen LogP contribution in [0.15, 0.2) is 36.8 Å². The van der Waals surface area contributed by atoms with Crippen LogP contribution in [-0.4, -0.2) is 52.7 Å². The summed E-state index contributed by atoms with van der Waals surface area (Å²) >= 11 is 0. The van der Waals surface area contributed by atoms with Crippen LogP contribution < -0.4 is 26.6 Å². The maximum atomic E-state index is 13.2. The third kappa shape index (κ3) is 4.53. The zero-order valence-electron chi connectivity index (χ0n) is 18.2. The molecule has 0 aliphatic carbocycles. The Hall–Kier alpha value is -3.67. The molecule has 0 bridgehead atoms. The summed E-state index contributed by atoms with van der Waals surface area (Å²) < 4.78 is 39.6. The van der Waals surface area contributed by atoms with E-state index in [1.807, 2.05) is 18.3 Å². The Morgan fingerprint density at radius 3 is 2.65 bits per heavy atom. The molecule has 3 aromatic heterocycles. The number of nitrogens with one attached hydrogen (secondary N) is 3. The van der Waals surface area contributed by atoms with Gasteiger partial charge in [0.25, 0.3) is 0 Å². The molecule has 0 saturated carbocycles. The lowest BCUT2D eigenvalue weighted by atomic mass is 9.97. The van der Waals surface area contributed by atoms with Crippen LogP contribution in [0, 0.1) is 0 Å². The van der Waals surface area contributed by atoms with Crippen molar-refractivity contribution in [1.82, 2.24) is 25.3 Å². The normalized spacial score (nSPS) is 17.9. The second-order valence-corrected chi connectivity index (χ2v) is 8.24. The van der Waals surface area contributed by atoms with Crippen molar-refractivity contribution >= 4 is 23.3 Å². The first-order valence-electron chi connectivity index (χ1n) is 11.0. The molecule has 5 heterocycles. The van der Waals surface area contributed by atoms with Gasteiger partial charge in [-0.05, 0) is 17.7 Å². The summed E-state index contributed by atoms with van der Waals surface area (Å²) in [7, 11) is 0. The SMILES string of the molecule is Nc1cnc(NCc2ccc(N3CCNCC3)nc2)nc1C1CNc2ncc(C(F)(F)F)cc21. The predicted octanol–water partition coefficient (Wildman–Crippen LogP) is 2.45. The Morgan fingerprint density at radius 1 is 1.09 bits per heavy atom. The Morgan fingerprint density at radius 2 is 1.91 bits per heavy atom. The summed E-state index contributed by atoms with van der Waals surface area (Å²) in [6, 6.07) is 5.09. The number of pyridine rings is 2. The van der Waals surface area contributed by atoms with Crippen LogP contribution in [0.1, 0.15) is 28.3 Å². The van der Waals surface area contributed by atoms with Gasteiger partial charge in [-0.2, -0.15) is 13.2 Å². The van der Waals surface area contributed by atoms with Crippen LogP contribution in [0.25, 0.3) is 0 Å². The molecule has 178 valence electrons. The lowest BCUT2D eigenvalue weighted by molar-refractivity contribution is -0.137. The molecule has 1 fully saturated rings. The fraction of sp³-hybridized carbons (Fsp3) is 0.364. The van der Waals surface area contributed by atoms with Gasteiger partial charge < -0.3 is 26.6 Å². The average Bonchev–Trinajstić information content (AvgIpc) is 3.27. The van der Waals surface area contributed by atoms with Gasteiger partial charge in [-0.15, -0.1) is 0 Å². The van der Waals surface area contributed by atoms with Crippen molar-refractivity contribution < 1.29 is 13.2 Å². The van der Waals surface area contributed by atoms with E-state index in [9.17, 15) is 13.2 Å². The summed E-state index contributed by atoms with van der Waals surface area (Å²) in [4.78, 5) is 19.5. The highest BCUT2D eigenvalue weighted by Gasteiger charge is 2.35. The van der Waals surface area contributed by atoms with E-state index in [0.717, 1.165) is 49.8 Å². The molecule has 2 aliphatic heterocycles. The summed E-state index contributed by atoms with van der Waals surface area (Å²) in [5.41, 5.74) is 7.43. The minimum atomic E-state index is -4.48. The minimum Gasteiger partial charge on any atom is -0.396 e. The first-order valence-corrected chi connectivity index (χ1v) is 11.0. The molecule has 1 atom stereocenters. The molecular formula is C22H24F3N9. The van der Waals surface area contributed by atoms with E-state index in [4.69, 9.17) is 5.73 Å². The van der Waals surface area contributed by atoms with Crippen molar-refractivity contribution in [2.24, 2.45) is 0 Å². The zero-order chi connectivity index (χ0) is 23.7. The number of fused-ring (bicyclic) bond motifs is 1. The first-order chi connectivity index (χ1) is 16.4. The fourth-order valence-corrected chi connectivity index (χ4v) is 4.15. The van der Waals surface area contributed by atoms with E-state index in [0.29, 0.717) is 41.8 Å². The zero-order valence-corrected chi connectivity index (χ0v) is 18.2. The van der Waals surface area contributed by atoms with Crippen LogP contribution in [0.5, 0.6) is 0 Å². The highest BCUT2D eigenvalue weighted by atomic mass is 19.4. The minimum absolute atomic E-state index is 0.310. The topological polar surface area (TPSA) is 117 Å². The summed E-state index contributed by atoms with van der Waals surface area (Å²) in [6.07, 6.45) is -0.376. The van der Waals surface area contributed by atoms with Gasteiger partial charge in [0.2, 0.25) is 5.95 Å². The number of anilines is 4. The van der Waals surface area contributed by atoms with Crippen LogP contribution in [0.4, 0.5) is 36.4 Å². The summed E-state index contributed by atoms with van der Waals surface area (Å²) in [5.74, 6) is 1.22. The molecule has 34 heavy (non-hydrogen) atoms. The standard InChI is InChI=1S/C22H24F3N9/c23-22(24,25)14-7-15-16(11-30-20(15)29-10-14)19-17(26)12-32-21(33-19)31-9-13-1-2-18(28-8-13)34-5-3-27-4-6-34/h1-2,7-8,10,12,16,27H,3-6,9,11,26H2,(H,29,30)(H,31,32,33). The molecule has 1 saturated heterocycles. The predicted molar refractivity (Wildman–Crippen MR) is 123 cm³/mol. The third-order valence-electron chi connectivity index (χ3n) is 5.97. The van der Waals surface area contributed by atoms with Crippen molar-refractivity contribution in [1.29, 1.82) is 0 Å². The summed E-state index contributed by atoms with van der Waals surface area (Å²) in [6.45, 7) is 4.52. The van der Waals surface area contributed by atoms with E-state index >= 15 is 0 Å². The lowest BCUT2D eigenvalue weighted by Gasteiger charge is -2.28. The Kier molecular flexibility index (Phi) is 5.82. The number of nitrogens with two attached hydrogens (primary N) is 1. The molecular weight excluding hydrogens is 447 g/mol. The number of halogens is 3. The molecule has 0 radical (unpaired) electrons. The van der Waals surface area contributed by atoms with Gasteiger partial charge in [0.05, 0.1) is 23.1 Å². The molecule has 9 nitrogen and oxygen atoms in total. The lowest BCUT2D eigenvalue weighted by Crippen LogP contribution is -2.43. The Balaban J connectivity index is 1.31. The molecule has 2 aliphatic rings. The van der Waals surface area contributed by atoms with Crippen molar-refractivity contribution in [2.75, 3.05) is 54.0 Å². The van der Waals surface area contributed by atoms with Gasteiger partial charge in [-0.1, -0.05) is 6.07 Å². The number of aromatic nitrogens is 4. The Labute approximate surface area is 194 Å². The molecule has 5 rings (SSSR count). The molecule has 5 N–H and O–H groups in total. The second-order valence-electron chi connectivity index (χ2n) is 8.24. The average molecular weight is 471 g/mol. The van der Waals surface area contributed by atoms with Crippen LogP contribution in [-0.2, 0) is 12.7 Å². The second kappa shape index (κ2) is 8.93. The maximum Gasteiger partial charge on any atom is 0.417 e. The van der Waals surface area contributed by atoms with Gasteiger partial charge >= 0.3 is 6.18 Å². The highest BCUT2D eigenvalue weighted by Crippen LogP contribution is 2.39. The molecule has 12 heteroatoms. The number of hydrogen-bond acceptors (Lipinski definition) is 9. The van der Waals surface area contributed by atoms with Crippen molar-refractivity contribution in [2.45, 2.75) is 18.6 Å². The maximum absolute atomic E-state index is 13.2. The molecule has 3 aromatic rings. The summed E-state index contributed by atoms with van der Waals surface area (Å²) in [5, 5.41) is 9.50. The Bertz CT molecular complexity index is 1160. The number of nitrogens with zero attached hydrogens (tertiary/aromatic N) is 5. The van der Waals surface area contributed by atoms with Gasteiger partial charge in [-0.3, -0.25) is 0 Å². The van der Waals surface area contributed by atoms with Crippen molar-refractivity contribution in [3.8, 4) is 0 Å². The van der Waals surface area contributed by atoms with E-state index in [1.165, 1.54) is 6.20 Å². The molecule has 0 spiro atoms. The van der Waals surface area contributed by atoms with Crippen molar-refractivity contribution in [3.05, 3.63) is 59.2 Å². The highest BCUT2D eigenvalue weighted by molar-refractivity contribution is 5.60. The van der Waals surface area contributed by atoms with Crippen molar-refractivity contribution in [3.63, 3.8) is 0 Å². The first kappa shape index (κ1) is 22.1. The number of rotatable bonds is 5. The number of alkyl halides is 3. The fourth-order valence-electron chi connectivity index (χ4n) is 4.15. The van der Waals surface area contributed by atoms with Crippen LogP contribution in [0.2, 0.25) is 0 Å². The monoisotopic (exact) mass is 471 g/mol. The number of nitrogen functional groups attached to an aromatic ring is 1. The molecule has 0 amide bonds. The number of hydrogen-bond donors (Lipinski definition) is 4. The molecule has 1 unspecified atom stereocenters. The van der Waals surface area contributed by atoms with E-state index < -0.39 is 17.7 Å². The van der Waals surface area contributed by atoms with Gasteiger partial charge in [0, 0.05) is 63.1 Å². The van der Waals surface area contributed by atoms with Gasteiger partial charge in [0.15, 0.2) is 0 Å². The van der Waals surface area contributed by atoms with E-state index in [2.05, 4.69) is 40.8 Å². The smallest absolute Gasteiger partial charge is 0.396 e. The van der Waals surface area contributed by atoms with Gasteiger partial charge in [-0.25, -0.2) is 19.9 Å². The van der Waals surface area contributed by atoms with E-state index in [-0.39, 0.29) is 0 Å². The largest absolute Gasteiger partial charge is 0.417 e. The number of piperazine rings is 1. The molecule has 0 aromatic carbocycles. The van der Waals surface area contributed by atoms with Crippen LogP contribution in [0.3, 0.4) is 0 Å². The quantitative estimate of drug-likeness (QED) is 0.445.